The molecule has 0 aromatic heterocycles. The van der Waals surface area contributed by atoms with Crippen LogP contribution in [0.1, 0.15) is 39.0 Å². The molecular weight excluding hydrogens is 240 g/mol. The van der Waals surface area contributed by atoms with Gasteiger partial charge < -0.3 is 14.7 Å². The molecule has 4 nitrogen and oxygen atoms in total. The summed E-state index contributed by atoms with van der Waals surface area (Å²) in [7, 11) is 0. The Morgan fingerprint density at radius 1 is 1.05 bits per heavy atom. The van der Waals surface area contributed by atoms with Crippen LogP contribution in [0.2, 0.25) is 0 Å². The molecule has 0 bridgehead atoms. The summed E-state index contributed by atoms with van der Waals surface area (Å²) in [6.07, 6.45) is 6.38. The number of piperazine rings is 1. The van der Waals surface area contributed by atoms with Crippen molar-refractivity contribution in [2.75, 3.05) is 45.9 Å². The first kappa shape index (κ1) is 15.2. The van der Waals surface area contributed by atoms with Crippen LogP contribution in [0.4, 0.5) is 0 Å². The zero-order valence-corrected chi connectivity index (χ0v) is 12.4. The summed E-state index contributed by atoms with van der Waals surface area (Å²) in [6, 6.07) is 0. The van der Waals surface area contributed by atoms with Crippen LogP contribution in [0.15, 0.2) is 0 Å². The Hall–Kier alpha value is -0.160. The molecule has 2 aliphatic rings. The summed E-state index contributed by atoms with van der Waals surface area (Å²) in [5.41, 5.74) is 0. The Labute approximate surface area is 117 Å². The predicted molar refractivity (Wildman–Crippen MR) is 77.4 cm³/mol. The van der Waals surface area contributed by atoms with Gasteiger partial charge in [0.25, 0.3) is 0 Å². The highest BCUT2D eigenvalue weighted by Gasteiger charge is 2.20. The van der Waals surface area contributed by atoms with Gasteiger partial charge in [-0.2, -0.15) is 0 Å². The van der Waals surface area contributed by atoms with Gasteiger partial charge in [0.05, 0.1) is 18.8 Å². The van der Waals surface area contributed by atoms with Crippen LogP contribution in [0.3, 0.4) is 0 Å². The second-order valence-electron chi connectivity index (χ2n) is 5.98. The van der Waals surface area contributed by atoms with Crippen molar-refractivity contribution in [1.82, 2.24) is 9.80 Å². The first-order valence-corrected chi connectivity index (χ1v) is 8.02. The third-order valence-electron chi connectivity index (χ3n) is 4.46. The molecule has 0 radical (unpaired) electrons. The summed E-state index contributed by atoms with van der Waals surface area (Å²) in [4.78, 5) is 4.82. The number of aliphatic hydroxyl groups excluding tert-OH is 1. The van der Waals surface area contributed by atoms with Crippen molar-refractivity contribution in [1.29, 1.82) is 0 Å². The number of rotatable bonds is 6. The molecule has 0 spiro atoms. The van der Waals surface area contributed by atoms with Crippen molar-refractivity contribution in [3.8, 4) is 0 Å². The monoisotopic (exact) mass is 270 g/mol. The molecule has 1 aliphatic heterocycles. The van der Waals surface area contributed by atoms with E-state index in [9.17, 15) is 5.11 Å². The number of hydrogen-bond donors (Lipinski definition) is 1. The van der Waals surface area contributed by atoms with E-state index >= 15 is 0 Å². The van der Waals surface area contributed by atoms with E-state index < -0.39 is 0 Å². The Bertz CT molecular complexity index is 236. The van der Waals surface area contributed by atoms with E-state index in [4.69, 9.17) is 4.74 Å². The van der Waals surface area contributed by atoms with E-state index in [1.807, 2.05) is 0 Å². The average Bonchev–Trinajstić information content (AvgIpc) is 2.47. The Balaban J connectivity index is 1.57. The Kier molecular flexibility index (Phi) is 6.57. The molecule has 1 saturated carbocycles. The van der Waals surface area contributed by atoms with Gasteiger partial charge in [-0.1, -0.05) is 26.2 Å². The number of nitrogens with zero attached hydrogens (tertiary/aromatic N) is 2. The van der Waals surface area contributed by atoms with Gasteiger partial charge in [-0.25, -0.2) is 0 Å². The minimum atomic E-state index is -0.324. The molecule has 0 amide bonds. The minimum Gasteiger partial charge on any atom is -0.389 e. The quantitative estimate of drug-likeness (QED) is 0.790. The standard InChI is InChI=1S/C15H30N2O2/c1-2-16-8-10-17(11-9-16)12-14(18)13-19-15-6-4-3-5-7-15/h14-15,18H,2-13H2,1H3/t14-/m1/s1. The summed E-state index contributed by atoms with van der Waals surface area (Å²) in [5.74, 6) is 0. The number of ether oxygens (including phenoxy) is 1. The molecule has 1 aliphatic carbocycles. The zero-order valence-electron chi connectivity index (χ0n) is 12.4. The fourth-order valence-electron chi connectivity index (χ4n) is 3.12. The van der Waals surface area contributed by atoms with Gasteiger partial charge in [0, 0.05) is 32.7 Å². The van der Waals surface area contributed by atoms with E-state index in [-0.39, 0.29) is 6.10 Å². The van der Waals surface area contributed by atoms with E-state index in [0.29, 0.717) is 12.7 Å². The lowest BCUT2D eigenvalue weighted by Crippen LogP contribution is -2.49. The molecule has 112 valence electrons. The highest BCUT2D eigenvalue weighted by Crippen LogP contribution is 2.20. The minimum absolute atomic E-state index is 0.324. The van der Waals surface area contributed by atoms with E-state index in [1.165, 1.54) is 32.1 Å². The maximum atomic E-state index is 10.1. The van der Waals surface area contributed by atoms with Crippen LogP contribution in [0.5, 0.6) is 0 Å². The first-order chi connectivity index (χ1) is 9.28. The van der Waals surface area contributed by atoms with E-state index in [0.717, 1.165) is 39.3 Å². The highest BCUT2D eigenvalue weighted by atomic mass is 16.5. The Morgan fingerprint density at radius 2 is 1.68 bits per heavy atom. The summed E-state index contributed by atoms with van der Waals surface area (Å²) in [5, 5.41) is 10.1. The van der Waals surface area contributed by atoms with Crippen molar-refractivity contribution in [3.05, 3.63) is 0 Å². The average molecular weight is 270 g/mol. The molecule has 0 unspecified atom stereocenters. The largest absolute Gasteiger partial charge is 0.389 e. The molecule has 0 aromatic rings. The highest BCUT2D eigenvalue weighted by molar-refractivity contribution is 4.74. The summed E-state index contributed by atoms with van der Waals surface area (Å²) < 4.78 is 5.84. The van der Waals surface area contributed by atoms with Gasteiger partial charge in [0.15, 0.2) is 0 Å². The number of likely N-dealkylation sites (N-methyl/N-ethyl adjacent to an activating group) is 1. The van der Waals surface area contributed by atoms with Crippen LogP contribution in [0.25, 0.3) is 0 Å². The topological polar surface area (TPSA) is 35.9 Å². The van der Waals surface area contributed by atoms with Gasteiger partial charge in [-0.3, -0.25) is 4.90 Å². The van der Waals surface area contributed by atoms with Gasteiger partial charge in [-0.05, 0) is 19.4 Å². The molecular formula is C15H30N2O2. The molecule has 2 rings (SSSR count). The molecule has 1 atom stereocenters. The van der Waals surface area contributed by atoms with Gasteiger partial charge in [-0.15, -0.1) is 0 Å². The molecule has 1 saturated heterocycles. The van der Waals surface area contributed by atoms with E-state index in [1.54, 1.807) is 0 Å². The lowest BCUT2D eigenvalue weighted by molar-refractivity contribution is -0.0368. The summed E-state index contributed by atoms with van der Waals surface area (Å²) in [6.45, 7) is 9.05. The molecule has 1 heterocycles. The van der Waals surface area contributed by atoms with Crippen LogP contribution in [-0.2, 0) is 4.74 Å². The SMILES string of the molecule is CCN1CCN(C[C@@H](O)COC2CCCCC2)CC1. The molecule has 1 N–H and O–H groups in total. The smallest absolute Gasteiger partial charge is 0.0900 e. The van der Waals surface area contributed by atoms with Gasteiger partial charge >= 0.3 is 0 Å². The maximum absolute atomic E-state index is 10.1. The lowest BCUT2D eigenvalue weighted by Gasteiger charge is -2.35. The number of hydrogen-bond acceptors (Lipinski definition) is 4. The van der Waals surface area contributed by atoms with Crippen molar-refractivity contribution in [2.24, 2.45) is 0 Å². The zero-order chi connectivity index (χ0) is 13.5. The predicted octanol–water partition coefficient (Wildman–Crippen LogP) is 1.33. The van der Waals surface area contributed by atoms with Gasteiger partial charge in [0.2, 0.25) is 0 Å². The molecule has 2 fully saturated rings. The van der Waals surface area contributed by atoms with E-state index in [2.05, 4.69) is 16.7 Å². The van der Waals surface area contributed by atoms with Crippen LogP contribution in [0, 0.1) is 0 Å². The third kappa shape index (κ3) is 5.38. The maximum Gasteiger partial charge on any atom is 0.0900 e. The van der Waals surface area contributed by atoms with Crippen molar-refractivity contribution in [2.45, 2.75) is 51.2 Å². The first-order valence-electron chi connectivity index (χ1n) is 8.02. The third-order valence-corrected chi connectivity index (χ3v) is 4.46. The second-order valence-corrected chi connectivity index (χ2v) is 5.98. The molecule has 19 heavy (non-hydrogen) atoms. The van der Waals surface area contributed by atoms with Crippen molar-refractivity contribution < 1.29 is 9.84 Å². The fourth-order valence-corrected chi connectivity index (χ4v) is 3.12. The van der Waals surface area contributed by atoms with Crippen LogP contribution >= 0.6 is 0 Å². The van der Waals surface area contributed by atoms with Crippen LogP contribution in [-0.4, -0.2) is 73.0 Å². The van der Waals surface area contributed by atoms with Gasteiger partial charge in [0.1, 0.15) is 0 Å². The molecule has 0 aromatic carbocycles. The number of aliphatic hydroxyl groups is 1. The fraction of sp³-hybridized carbons (Fsp3) is 1.00. The Morgan fingerprint density at radius 3 is 2.32 bits per heavy atom. The van der Waals surface area contributed by atoms with Crippen molar-refractivity contribution >= 4 is 0 Å². The van der Waals surface area contributed by atoms with Crippen LogP contribution < -0.4 is 0 Å². The normalized spacial score (nSPS) is 25.6. The lowest BCUT2D eigenvalue weighted by atomic mass is 9.98. The second kappa shape index (κ2) is 8.20. The van der Waals surface area contributed by atoms with Crippen molar-refractivity contribution in [3.63, 3.8) is 0 Å². The molecule has 4 heteroatoms. The summed E-state index contributed by atoms with van der Waals surface area (Å²) >= 11 is 0. The number of β-amino-alcohol motifs (C(OH)–C–C–N with tert-alkyl or cyclic N) is 1.